The highest BCUT2D eigenvalue weighted by atomic mass is 15.2. The molecule has 16 aromatic rings. The molecule has 4 aromatic heterocycles. The van der Waals surface area contributed by atoms with Gasteiger partial charge in [0, 0.05) is 111 Å². The summed E-state index contributed by atoms with van der Waals surface area (Å²) >= 11 is 0. The molecule has 0 spiro atoms. The predicted octanol–water partition coefficient (Wildman–Crippen LogP) is 22.0. The minimum absolute atomic E-state index is 0.560. The summed E-state index contributed by atoms with van der Waals surface area (Å²) in [5.74, 6) is 2.60. The van der Waals surface area contributed by atoms with Crippen molar-refractivity contribution in [3.63, 3.8) is 0 Å². The molecule has 0 radical (unpaired) electrons. The van der Waals surface area contributed by atoms with E-state index in [0.29, 0.717) is 23.3 Å². The van der Waals surface area contributed by atoms with E-state index in [9.17, 15) is 0 Å². The fourth-order valence-electron chi connectivity index (χ4n) is 14.2. The second-order valence-electron chi connectivity index (χ2n) is 25.0. The molecule has 12 nitrogen and oxygen atoms in total. The Morgan fingerprint density at radius 3 is 0.939 bits per heavy atom. The molecule has 0 saturated heterocycles. The minimum Gasteiger partial charge on any atom is -0.294 e. The lowest BCUT2D eigenvalue weighted by atomic mass is 9.81. The SMILES string of the molecule is CC1(C)c2cc(N(c3cccc(-c4ccccc4)c3)c3cnccn3)ccc2-c2cc3c(N(c4cccc(-c5ccccc5)c4)c4cnccn4)c4cc(N(c5cccc(-c6ccccc6)c5)c5cnccn5)ccc4c(N(c4cccc(-c5ccccc5)c4)c4cnccn4)c3cc21. The first kappa shape index (κ1) is 59.4. The van der Waals surface area contributed by atoms with Crippen LogP contribution in [0, 0.1) is 0 Å². The standard InChI is InChI=1S/C87H62N12/c1-87(2)79-52-72(97(82-56-89-40-44-93-82)68-32-16-28-64(48-68)60-21-9-4-10-22-60)35-37-73(79)75-53-77-78(54-80(75)87)85(98(83-57-90-41-45-94-83)69-33-17-29-65(49-69)61-23-11-5-12-24-61)74-38-36-71(96(81-55-88-39-43-92-81)67-31-15-27-63(47-67)59-19-7-3-8-20-59)51-76(74)86(77)99(84-58-91-42-46-95-84)70-34-18-30-66(50-70)62-25-13-6-14-26-62/h3-58H,1-2H3. The predicted molar refractivity (Wildman–Crippen MR) is 402 cm³/mol. The molecule has 17 rings (SSSR count). The zero-order chi connectivity index (χ0) is 66.2. The lowest BCUT2D eigenvalue weighted by Gasteiger charge is -2.33. The molecule has 0 aliphatic heterocycles. The van der Waals surface area contributed by atoms with Gasteiger partial charge in [-0.2, -0.15) is 0 Å². The Bertz CT molecular complexity index is 5600. The van der Waals surface area contributed by atoms with Gasteiger partial charge in [0.05, 0.1) is 36.2 Å². The summed E-state index contributed by atoms with van der Waals surface area (Å²) in [6.07, 6.45) is 21.3. The lowest BCUT2D eigenvalue weighted by Crippen LogP contribution is -2.18. The number of rotatable bonds is 16. The molecule has 1 aliphatic rings. The van der Waals surface area contributed by atoms with Gasteiger partial charge in [0.15, 0.2) is 23.3 Å². The normalized spacial score (nSPS) is 12.0. The van der Waals surface area contributed by atoms with E-state index in [0.717, 1.165) is 134 Å². The van der Waals surface area contributed by atoms with Crippen LogP contribution < -0.4 is 19.6 Å². The number of anilines is 12. The summed E-state index contributed by atoms with van der Waals surface area (Å²) in [4.78, 5) is 48.5. The molecule has 12 heteroatoms. The van der Waals surface area contributed by atoms with Gasteiger partial charge < -0.3 is 0 Å². The van der Waals surface area contributed by atoms with Gasteiger partial charge in [-0.1, -0.05) is 196 Å². The largest absolute Gasteiger partial charge is 0.294 e. The number of hydrogen-bond donors (Lipinski definition) is 0. The van der Waals surface area contributed by atoms with Crippen molar-refractivity contribution < 1.29 is 0 Å². The summed E-state index contributed by atoms with van der Waals surface area (Å²) in [5, 5.41) is 3.74. The van der Waals surface area contributed by atoms with E-state index in [1.54, 1.807) is 49.6 Å². The van der Waals surface area contributed by atoms with Crippen LogP contribution in [-0.4, -0.2) is 39.9 Å². The molecule has 0 saturated carbocycles. The van der Waals surface area contributed by atoms with Crippen LogP contribution in [0.4, 0.5) is 68.8 Å². The van der Waals surface area contributed by atoms with Crippen LogP contribution in [0.15, 0.2) is 341 Å². The Morgan fingerprint density at radius 1 is 0.232 bits per heavy atom. The van der Waals surface area contributed by atoms with Gasteiger partial charge in [-0.3, -0.25) is 39.5 Å². The average molecular weight is 1280 g/mol. The molecular formula is C87H62N12. The second kappa shape index (κ2) is 25.4. The van der Waals surface area contributed by atoms with Gasteiger partial charge in [-0.05, 0) is 152 Å². The van der Waals surface area contributed by atoms with E-state index >= 15 is 0 Å². The van der Waals surface area contributed by atoms with Gasteiger partial charge >= 0.3 is 0 Å². The van der Waals surface area contributed by atoms with E-state index in [-0.39, 0.29) is 0 Å². The second-order valence-corrected chi connectivity index (χ2v) is 25.0. The Labute approximate surface area is 573 Å². The molecule has 0 N–H and O–H groups in total. The maximum atomic E-state index is 5.25. The Kier molecular flexibility index (Phi) is 15.3. The van der Waals surface area contributed by atoms with Crippen LogP contribution in [0.2, 0.25) is 0 Å². The number of aromatic nitrogens is 8. The third-order valence-corrected chi connectivity index (χ3v) is 18.7. The summed E-state index contributed by atoms with van der Waals surface area (Å²) in [6, 6.07) is 95.3. The highest BCUT2D eigenvalue weighted by Crippen LogP contribution is 2.58. The molecule has 0 unspecified atom stereocenters. The molecule has 0 bridgehead atoms. The fourth-order valence-corrected chi connectivity index (χ4v) is 14.2. The Morgan fingerprint density at radius 2 is 0.545 bits per heavy atom. The molecule has 99 heavy (non-hydrogen) atoms. The average Bonchev–Trinajstić information content (AvgIpc) is 1.66. The van der Waals surface area contributed by atoms with Crippen molar-refractivity contribution in [2.75, 3.05) is 19.6 Å². The molecule has 1 aliphatic carbocycles. The first-order chi connectivity index (χ1) is 48.9. The topological polar surface area (TPSA) is 116 Å². The molecule has 12 aromatic carbocycles. The van der Waals surface area contributed by atoms with Gasteiger partial charge in [0.1, 0.15) is 0 Å². The van der Waals surface area contributed by atoms with Crippen LogP contribution in [0.1, 0.15) is 25.0 Å². The van der Waals surface area contributed by atoms with E-state index < -0.39 is 5.41 Å². The first-order valence-corrected chi connectivity index (χ1v) is 33.0. The number of benzene rings is 12. The Balaban J connectivity index is 0.988. The fraction of sp³-hybridized carbons (Fsp3) is 0.0345. The molecule has 470 valence electrons. The Hall–Kier alpha value is -13.3. The van der Waals surface area contributed by atoms with Gasteiger partial charge in [0.2, 0.25) is 0 Å². The van der Waals surface area contributed by atoms with Crippen LogP contribution >= 0.6 is 0 Å². The summed E-state index contributed by atoms with van der Waals surface area (Å²) in [7, 11) is 0. The van der Waals surface area contributed by atoms with Gasteiger partial charge in [0.25, 0.3) is 0 Å². The van der Waals surface area contributed by atoms with Crippen LogP contribution in [0.5, 0.6) is 0 Å². The van der Waals surface area contributed by atoms with Gasteiger partial charge in [-0.25, -0.2) is 19.9 Å². The summed E-state index contributed by atoms with van der Waals surface area (Å²) < 4.78 is 0. The lowest BCUT2D eigenvalue weighted by molar-refractivity contribution is 0.661. The van der Waals surface area contributed by atoms with Gasteiger partial charge in [-0.15, -0.1) is 0 Å². The monoisotopic (exact) mass is 1270 g/mol. The maximum Gasteiger partial charge on any atom is 0.156 e. The molecule has 0 amide bonds. The third-order valence-electron chi connectivity index (χ3n) is 18.7. The summed E-state index contributed by atoms with van der Waals surface area (Å²) in [6.45, 7) is 4.70. The van der Waals surface area contributed by atoms with E-state index in [4.69, 9.17) is 34.9 Å². The molecule has 0 fully saturated rings. The van der Waals surface area contributed by atoms with Crippen molar-refractivity contribution in [3.8, 4) is 55.6 Å². The van der Waals surface area contributed by atoms with Crippen LogP contribution in [0.3, 0.4) is 0 Å². The number of hydrogen-bond acceptors (Lipinski definition) is 12. The summed E-state index contributed by atoms with van der Waals surface area (Å²) in [5.41, 5.74) is 19.8. The zero-order valence-electron chi connectivity index (χ0n) is 54.2. The molecule has 4 heterocycles. The van der Waals surface area contributed by atoms with Crippen molar-refractivity contribution in [1.29, 1.82) is 0 Å². The van der Waals surface area contributed by atoms with Crippen molar-refractivity contribution in [2.45, 2.75) is 19.3 Å². The van der Waals surface area contributed by atoms with Crippen molar-refractivity contribution in [3.05, 3.63) is 352 Å². The van der Waals surface area contributed by atoms with Crippen LogP contribution in [-0.2, 0) is 5.41 Å². The van der Waals surface area contributed by atoms with Crippen LogP contribution in [0.25, 0.3) is 77.2 Å². The first-order valence-electron chi connectivity index (χ1n) is 33.0. The van der Waals surface area contributed by atoms with E-state index in [1.807, 2.05) is 36.9 Å². The van der Waals surface area contributed by atoms with E-state index in [2.05, 4.69) is 293 Å². The van der Waals surface area contributed by atoms with Crippen molar-refractivity contribution >= 4 is 90.3 Å². The quantitative estimate of drug-likeness (QED) is 0.0677. The highest BCUT2D eigenvalue weighted by molar-refractivity contribution is 6.25. The van der Waals surface area contributed by atoms with Crippen molar-refractivity contribution in [1.82, 2.24) is 39.9 Å². The van der Waals surface area contributed by atoms with Crippen molar-refractivity contribution in [2.24, 2.45) is 0 Å². The highest BCUT2D eigenvalue weighted by Gasteiger charge is 2.39. The number of fused-ring (bicyclic) bond motifs is 5. The molecule has 0 atom stereocenters. The maximum absolute atomic E-state index is 5.25. The van der Waals surface area contributed by atoms with E-state index in [1.165, 1.54) is 0 Å². The zero-order valence-corrected chi connectivity index (χ0v) is 54.2. The number of nitrogens with zero attached hydrogens (tertiary/aromatic N) is 12. The smallest absolute Gasteiger partial charge is 0.156 e. The third kappa shape index (κ3) is 11.1. The minimum atomic E-state index is -0.560. The molecular weight excluding hydrogens is 1210 g/mol.